The van der Waals surface area contributed by atoms with Crippen molar-refractivity contribution in [2.75, 3.05) is 0 Å². The minimum atomic E-state index is -0.861. The van der Waals surface area contributed by atoms with Crippen LogP contribution in [-0.2, 0) is 27.3 Å². The summed E-state index contributed by atoms with van der Waals surface area (Å²) in [7, 11) is 0. The van der Waals surface area contributed by atoms with Crippen LogP contribution in [0.1, 0.15) is 116 Å². The number of benzene rings is 2. The number of allylic oxidation sites excluding steroid dienone is 1. The van der Waals surface area contributed by atoms with Gasteiger partial charge in [0.2, 0.25) is 0 Å². The molecule has 0 spiro atoms. The first-order valence-corrected chi connectivity index (χ1v) is 20.5. The van der Waals surface area contributed by atoms with Crippen LogP contribution in [0.15, 0.2) is 72.4 Å². The lowest BCUT2D eigenvalue weighted by Gasteiger charge is -2.58. The van der Waals surface area contributed by atoms with Crippen LogP contribution in [0, 0.1) is 46.3 Å². The van der Waals surface area contributed by atoms with Crippen molar-refractivity contribution in [2.24, 2.45) is 46.3 Å². The highest BCUT2D eigenvalue weighted by Crippen LogP contribution is 2.67. The van der Waals surface area contributed by atoms with E-state index in [0.717, 1.165) is 70.9 Å². The summed E-state index contributed by atoms with van der Waals surface area (Å²) in [6, 6.07) is 16.8. The van der Waals surface area contributed by atoms with Crippen molar-refractivity contribution in [3.8, 4) is 0 Å². The van der Waals surface area contributed by atoms with E-state index < -0.39 is 18.1 Å². The fourth-order valence-electron chi connectivity index (χ4n) is 11.6. The summed E-state index contributed by atoms with van der Waals surface area (Å²) in [6.45, 7) is 12.6. The molecular weight excluding hydrogens is 645 g/mol. The molecule has 1 aromatic heterocycles. The Bertz CT molecular complexity index is 1730. The van der Waals surface area contributed by atoms with E-state index in [0.29, 0.717) is 17.8 Å². The van der Waals surface area contributed by atoms with E-state index in [1.54, 1.807) is 0 Å². The quantitative estimate of drug-likeness (QED) is 0.145. The number of aromatic amines is 1. The van der Waals surface area contributed by atoms with Crippen molar-refractivity contribution in [2.45, 2.75) is 130 Å². The van der Waals surface area contributed by atoms with Crippen molar-refractivity contribution < 1.29 is 19.1 Å². The van der Waals surface area contributed by atoms with Gasteiger partial charge in [-0.3, -0.25) is 0 Å². The van der Waals surface area contributed by atoms with Gasteiger partial charge in [-0.05, 0) is 108 Å². The molecule has 1 amide bonds. The summed E-state index contributed by atoms with van der Waals surface area (Å²) < 4.78 is 11.9. The van der Waals surface area contributed by atoms with Crippen LogP contribution in [0.5, 0.6) is 0 Å². The molecular formula is C46H62N2O4. The molecule has 4 aliphatic carbocycles. The Balaban J connectivity index is 1.01. The van der Waals surface area contributed by atoms with Gasteiger partial charge in [-0.1, -0.05) is 114 Å². The third-order valence-electron chi connectivity index (χ3n) is 14.4. The van der Waals surface area contributed by atoms with Gasteiger partial charge in [0.05, 0.1) is 0 Å². The molecule has 2 aromatic carbocycles. The van der Waals surface area contributed by atoms with E-state index in [4.69, 9.17) is 9.47 Å². The largest absolute Gasteiger partial charge is 0.461 e. The SMILES string of the molecule is CC(C)CCC[C@@H](C)[C@H]1CC[C@H]2[C@@H]3CC=C4C[C@@H](OC(=O)[C@H](Cc5c[nH]c6ccccc56)NC(=O)OCc5ccccc5)CC[C@]4(C)[C@H]3CC[C@]12C. The van der Waals surface area contributed by atoms with E-state index in [-0.39, 0.29) is 18.1 Å². The predicted molar refractivity (Wildman–Crippen MR) is 208 cm³/mol. The first-order chi connectivity index (χ1) is 25.0. The molecule has 6 heteroatoms. The number of nitrogens with one attached hydrogen (secondary N) is 2. The molecule has 7 rings (SSSR count). The number of esters is 1. The first-order valence-electron chi connectivity index (χ1n) is 20.5. The monoisotopic (exact) mass is 706 g/mol. The maximum atomic E-state index is 14.0. The van der Waals surface area contributed by atoms with Gasteiger partial charge in [-0.25, -0.2) is 9.59 Å². The molecule has 0 bridgehead atoms. The molecule has 3 saturated carbocycles. The van der Waals surface area contributed by atoms with E-state index in [1.807, 2.05) is 60.8 Å². The van der Waals surface area contributed by atoms with Gasteiger partial charge in [0.25, 0.3) is 0 Å². The van der Waals surface area contributed by atoms with Crippen molar-refractivity contribution in [3.63, 3.8) is 0 Å². The van der Waals surface area contributed by atoms with Crippen LogP contribution < -0.4 is 5.32 Å². The maximum absolute atomic E-state index is 14.0. The lowest BCUT2D eigenvalue weighted by atomic mass is 9.47. The highest BCUT2D eigenvalue weighted by Gasteiger charge is 2.59. The zero-order valence-corrected chi connectivity index (χ0v) is 32.3. The number of rotatable bonds is 12. The smallest absolute Gasteiger partial charge is 0.408 e. The Hall–Kier alpha value is -3.54. The molecule has 0 unspecified atom stereocenters. The van der Waals surface area contributed by atoms with Gasteiger partial charge >= 0.3 is 12.1 Å². The molecule has 52 heavy (non-hydrogen) atoms. The minimum absolute atomic E-state index is 0.136. The van der Waals surface area contributed by atoms with Crippen molar-refractivity contribution in [1.82, 2.24) is 10.3 Å². The molecule has 2 N–H and O–H groups in total. The summed E-state index contributed by atoms with van der Waals surface area (Å²) in [6.07, 6.45) is 17.5. The number of ether oxygens (including phenoxy) is 2. The lowest BCUT2D eigenvalue weighted by Crippen LogP contribution is -2.51. The number of hydrogen-bond acceptors (Lipinski definition) is 4. The average molecular weight is 707 g/mol. The first kappa shape index (κ1) is 36.8. The van der Waals surface area contributed by atoms with Crippen LogP contribution in [-0.4, -0.2) is 29.2 Å². The Labute approximate surface area is 311 Å². The Kier molecular flexibility index (Phi) is 10.9. The molecule has 9 atom stereocenters. The van der Waals surface area contributed by atoms with Crippen molar-refractivity contribution >= 4 is 23.0 Å². The van der Waals surface area contributed by atoms with Crippen molar-refractivity contribution in [1.29, 1.82) is 0 Å². The Morgan fingerprint density at radius 1 is 0.923 bits per heavy atom. The van der Waals surface area contributed by atoms with E-state index in [1.165, 1.54) is 56.9 Å². The molecule has 4 aliphatic rings. The summed E-state index contributed by atoms with van der Waals surface area (Å²) >= 11 is 0. The van der Waals surface area contributed by atoms with Gasteiger partial charge in [-0.15, -0.1) is 0 Å². The van der Waals surface area contributed by atoms with Gasteiger partial charge in [0.15, 0.2) is 0 Å². The predicted octanol–water partition coefficient (Wildman–Crippen LogP) is 11.0. The molecule has 0 saturated heterocycles. The number of para-hydroxylation sites is 1. The lowest BCUT2D eigenvalue weighted by molar-refractivity contribution is -0.154. The van der Waals surface area contributed by atoms with E-state index >= 15 is 0 Å². The second kappa shape index (κ2) is 15.4. The number of aromatic nitrogens is 1. The second-order valence-electron chi connectivity index (χ2n) is 17.9. The maximum Gasteiger partial charge on any atom is 0.408 e. The third kappa shape index (κ3) is 7.46. The third-order valence-corrected chi connectivity index (χ3v) is 14.4. The number of alkyl carbamates (subject to hydrolysis) is 1. The van der Waals surface area contributed by atoms with Gasteiger partial charge < -0.3 is 19.8 Å². The highest BCUT2D eigenvalue weighted by atomic mass is 16.6. The number of fused-ring (bicyclic) bond motifs is 6. The molecule has 3 aromatic rings. The number of carbonyl (C=O) groups excluding carboxylic acids is 2. The molecule has 0 aliphatic heterocycles. The zero-order chi connectivity index (χ0) is 36.5. The van der Waals surface area contributed by atoms with Gasteiger partial charge in [0, 0.05) is 29.9 Å². The van der Waals surface area contributed by atoms with Crippen molar-refractivity contribution in [3.05, 3.63) is 83.6 Å². The highest BCUT2D eigenvalue weighted by molar-refractivity contribution is 5.86. The molecule has 280 valence electrons. The van der Waals surface area contributed by atoms with E-state index in [9.17, 15) is 9.59 Å². The Morgan fingerprint density at radius 3 is 2.52 bits per heavy atom. The van der Waals surface area contributed by atoms with Gasteiger partial charge in [0.1, 0.15) is 18.8 Å². The second-order valence-corrected chi connectivity index (χ2v) is 17.9. The van der Waals surface area contributed by atoms with Crippen LogP contribution in [0.2, 0.25) is 0 Å². The number of amides is 1. The molecule has 3 fully saturated rings. The molecule has 6 nitrogen and oxygen atoms in total. The summed E-state index contributed by atoms with van der Waals surface area (Å²) in [4.78, 5) is 30.3. The fraction of sp³-hybridized carbons (Fsp3) is 0.609. The number of hydrogen-bond donors (Lipinski definition) is 2. The summed E-state index contributed by atoms with van der Waals surface area (Å²) in [5.74, 6) is 4.40. The summed E-state index contributed by atoms with van der Waals surface area (Å²) in [5.41, 5.74) is 5.00. The minimum Gasteiger partial charge on any atom is -0.461 e. The fourth-order valence-corrected chi connectivity index (χ4v) is 11.6. The van der Waals surface area contributed by atoms with Crippen LogP contribution in [0.4, 0.5) is 4.79 Å². The topological polar surface area (TPSA) is 80.4 Å². The zero-order valence-electron chi connectivity index (χ0n) is 32.3. The number of H-pyrrole nitrogens is 1. The van der Waals surface area contributed by atoms with Crippen LogP contribution in [0.3, 0.4) is 0 Å². The number of carbonyl (C=O) groups is 2. The Morgan fingerprint density at radius 2 is 1.71 bits per heavy atom. The van der Waals surface area contributed by atoms with Crippen LogP contribution >= 0.6 is 0 Å². The molecule has 0 radical (unpaired) electrons. The summed E-state index contributed by atoms with van der Waals surface area (Å²) in [5, 5.41) is 3.90. The standard InChI is InChI=1S/C46H62N2O4/c1-30(2)12-11-13-31(3)38-20-21-39-37-19-18-34-27-35(22-24-45(34,4)40(37)23-25-46(38,39)5)52-43(49)42(26-33-28-47-41-17-10-9-16-36(33)41)48-44(50)51-29-32-14-7-6-8-15-32/h6-10,14-18,28,30-31,35,37-40,42,47H,11-13,19-27,29H2,1-5H3,(H,48,50)/t31-,35+,37+,38-,39+,40+,42+,45+,46-/m1/s1. The normalized spacial score (nSPS) is 30.8. The van der Waals surface area contributed by atoms with Crippen LogP contribution in [0.25, 0.3) is 10.9 Å². The van der Waals surface area contributed by atoms with Gasteiger partial charge in [-0.2, -0.15) is 0 Å². The van der Waals surface area contributed by atoms with E-state index in [2.05, 4.69) is 51.0 Å². The average Bonchev–Trinajstić information content (AvgIpc) is 3.71. The molecule has 1 heterocycles.